The van der Waals surface area contributed by atoms with Gasteiger partial charge in [0.05, 0.1) is 18.7 Å². The minimum atomic E-state index is 0. The highest BCUT2D eigenvalue weighted by Crippen LogP contribution is 2.29. The maximum Gasteiger partial charge on any atom is 0.221 e. The Hall–Kier alpha value is -2.18. The van der Waals surface area contributed by atoms with E-state index < -0.39 is 0 Å². The Morgan fingerprint density at radius 3 is 2.75 bits per heavy atom. The van der Waals surface area contributed by atoms with Crippen molar-refractivity contribution in [3.63, 3.8) is 0 Å². The van der Waals surface area contributed by atoms with Crippen LogP contribution < -0.4 is 10.1 Å². The second-order valence-corrected chi connectivity index (χ2v) is 8.19. The van der Waals surface area contributed by atoms with Gasteiger partial charge in [-0.2, -0.15) is 0 Å². The molecule has 4 heterocycles. The van der Waals surface area contributed by atoms with Gasteiger partial charge in [0.25, 0.3) is 0 Å². The molecule has 0 unspecified atom stereocenters. The van der Waals surface area contributed by atoms with E-state index in [1.165, 1.54) is 11.1 Å². The summed E-state index contributed by atoms with van der Waals surface area (Å²) < 4.78 is 11.5. The van der Waals surface area contributed by atoms with Crippen molar-refractivity contribution in [2.75, 3.05) is 26.3 Å². The van der Waals surface area contributed by atoms with Crippen LogP contribution in [0.1, 0.15) is 30.4 Å². The van der Waals surface area contributed by atoms with Gasteiger partial charge in [-0.05, 0) is 81.2 Å². The first-order valence-corrected chi connectivity index (χ1v) is 11.2. The van der Waals surface area contributed by atoms with Gasteiger partial charge in [-0.25, -0.2) is 9.97 Å². The average Bonchev–Trinajstić information content (AvgIpc) is 2.81. The van der Waals surface area contributed by atoms with E-state index in [1.54, 1.807) is 6.20 Å². The van der Waals surface area contributed by atoms with E-state index >= 15 is 0 Å². The monoisotopic (exact) mass is 473 g/mol. The highest BCUT2D eigenvalue weighted by Gasteiger charge is 2.18. The van der Waals surface area contributed by atoms with Crippen molar-refractivity contribution in [1.29, 1.82) is 0 Å². The number of hydrogen-bond acceptors (Lipinski definition) is 5. The molecule has 0 radical (unpaired) electrons. The molecule has 0 amide bonds. The normalized spacial score (nSPS) is 16.4. The van der Waals surface area contributed by atoms with E-state index in [0.29, 0.717) is 11.8 Å². The Balaban J connectivity index is 0.000000193. The molecule has 1 saturated heterocycles. The number of ether oxygens (including phenoxy) is 2. The summed E-state index contributed by atoms with van der Waals surface area (Å²) in [4.78, 5) is 8.61. The number of piperidine rings is 1. The van der Waals surface area contributed by atoms with Crippen LogP contribution in [0.15, 0.2) is 54.7 Å². The van der Waals surface area contributed by atoms with Crippen molar-refractivity contribution in [3.05, 3.63) is 71.0 Å². The quantitative estimate of drug-likeness (QED) is 0.499. The molecule has 0 atom stereocenters. The van der Waals surface area contributed by atoms with E-state index in [1.807, 2.05) is 30.3 Å². The summed E-state index contributed by atoms with van der Waals surface area (Å²) in [5.74, 6) is 0.780. The van der Waals surface area contributed by atoms with Crippen LogP contribution in [0.5, 0.6) is 5.88 Å². The molecule has 170 valence electrons. The first kappa shape index (κ1) is 24.5. The largest absolute Gasteiger partial charge is 0.474 e. The molecule has 1 N–H and O–H groups in total. The van der Waals surface area contributed by atoms with E-state index in [-0.39, 0.29) is 18.5 Å². The minimum absolute atomic E-state index is 0. The number of aromatic nitrogens is 2. The molecule has 0 spiro atoms. The van der Waals surface area contributed by atoms with Crippen LogP contribution in [0.3, 0.4) is 0 Å². The zero-order valence-corrected chi connectivity index (χ0v) is 19.8. The van der Waals surface area contributed by atoms with Gasteiger partial charge in [0, 0.05) is 17.1 Å². The molecule has 1 fully saturated rings. The van der Waals surface area contributed by atoms with Gasteiger partial charge in [0.15, 0.2) is 0 Å². The lowest BCUT2D eigenvalue weighted by Gasteiger charge is -2.25. The minimum Gasteiger partial charge on any atom is -0.474 e. The van der Waals surface area contributed by atoms with Crippen molar-refractivity contribution in [3.8, 4) is 5.88 Å². The predicted octanol–water partition coefficient (Wildman–Crippen LogP) is 5.63. The predicted molar refractivity (Wildman–Crippen MR) is 133 cm³/mol. The van der Waals surface area contributed by atoms with Crippen LogP contribution >= 0.6 is 24.0 Å². The first-order valence-electron chi connectivity index (χ1n) is 10.8. The summed E-state index contributed by atoms with van der Waals surface area (Å²) in [5, 5.41) is 5.04. The fourth-order valence-electron chi connectivity index (χ4n) is 3.79. The molecule has 3 aromatic rings. The topological polar surface area (TPSA) is 56.3 Å². The van der Waals surface area contributed by atoms with Crippen LogP contribution in [0.2, 0.25) is 5.15 Å². The number of hydrogen-bond donors (Lipinski definition) is 1. The standard InChI is InChI=1S/C15H20N2O2.C10H8ClN.ClH/c1-2-14(12-5-10-18-11-6-12)15(17-7-1)19-13-3-8-16-9-4-13;1-7-2-4-9-8(6-7)3-5-10(11)12-9;/h1-2,5,7,13,16H,3-4,6,8-11H2;2-6H,1H3;1H. The van der Waals surface area contributed by atoms with Gasteiger partial charge in [0.1, 0.15) is 11.3 Å². The van der Waals surface area contributed by atoms with Gasteiger partial charge >= 0.3 is 0 Å². The van der Waals surface area contributed by atoms with Gasteiger partial charge < -0.3 is 14.8 Å². The van der Waals surface area contributed by atoms with Crippen molar-refractivity contribution in [1.82, 2.24) is 15.3 Å². The second-order valence-electron chi connectivity index (χ2n) is 7.81. The lowest BCUT2D eigenvalue weighted by Crippen LogP contribution is -2.34. The van der Waals surface area contributed by atoms with Crippen molar-refractivity contribution >= 4 is 40.5 Å². The number of aryl methyl sites for hydroxylation is 1. The SMILES string of the molecule is C1=C(c2cccnc2OC2CCNCC2)CCOC1.Cc1ccc2nc(Cl)ccc2c1.Cl. The fraction of sp³-hybridized carbons (Fsp3) is 0.360. The van der Waals surface area contributed by atoms with E-state index in [0.717, 1.165) is 61.3 Å². The van der Waals surface area contributed by atoms with Crippen LogP contribution in [0.4, 0.5) is 0 Å². The van der Waals surface area contributed by atoms with Crippen LogP contribution in [-0.4, -0.2) is 42.4 Å². The smallest absolute Gasteiger partial charge is 0.221 e. The molecule has 32 heavy (non-hydrogen) atoms. The summed E-state index contributed by atoms with van der Waals surface area (Å²) in [7, 11) is 0. The maximum absolute atomic E-state index is 6.11. The number of nitrogens with one attached hydrogen (secondary N) is 1. The number of nitrogens with zero attached hydrogens (tertiary/aromatic N) is 2. The van der Waals surface area contributed by atoms with Gasteiger partial charge in [-0.3, -0.25) is 0 Å². The van der Waals surface area contributed by atoms with Crippen LogP contribution in [-0.2, 0) is 4.74 Å². The number of rotatable bonds is 3. The third kappa shape index (κ3) is 6.66. The van der Waals surface area contributed by atoms with Crippen LogP contribution in [0.25, 0.3) is 16.5 Å². The molecule has 5 rings (SSSR count). The Kier molecular flexibility index (Phi) is 9.30. The Labute approximate surface area is 200 Å². The number of pyridine rings is 2. The number of halogens is 2. The van der Waals surface area contributed by atoms with Gasteiger partial charge in [0.2, 0.25) is 5.88 Å². The molecule has 2 aliphatic rings. The lowest BCUT2D eigenvalue weighted by molar-refractivity contribution is 0.153. The highest BCUT2D eigenvalue weighted by molar-refractivity contribution is 6.29. The third-order valence-corrected chi connectivity index (χ3v) is 5.67. The van der Waals surface area contributed by atoms with Crippen molar-refractivity contribution < 1.29 is 9.47 Å². The summed E-state index contributed by atoms with van der Waals surface area (Å²) in [6.07, 6.45) is 7.27. The fourth-order valence-corrected chi connectivity index (χ4v) is 3.95. The van der Waals surface area contributed by atoms with E-state index in [9.17, 15) is 0 Å². The van der Waals surface area contributed by atoms with Crippen LogP contribution in [0, 0.1) is 6.92 Å². The molecule has 7 heteroatoms. The van der Waals surface area contributed by atoms with Crippen molar-refractivity contribution in [2.45, 2.75) is 32.3 Å². The molecular formula is C25H29Cl2N3O2. The third-order valence-electron chi connectivity index (χ3n) is 5.46. The summed E-state index contributed by atoms with van der Waals surface area (Å²) >= 11 is 5.75. The summed E-state index contributed by atoms with van der Waals surface area (Å²) in [6.45, 7) is 5.60. The molecule has 2 aromatic heterocycles. The summed E-state index contributed by atoms with van der Waals surface area (Å²) in [6, 6.07) is 14.0. The Morgan fingerprint density at radius 2 is 1.97 bits per heavy atom. The number of fused-ring (bicyclic) bond motifs is 1. The lowest BCUT2D eigenvalue weighted by atomic mass is 10.0. The maximum atomic E-state index is 6.11. The van der Waals surface area contributed by atoms with Crippen molar-refractivity contribution in [2.24, 2.45) is 0 Å². The number of benzene rings is 1. The molecular weight excluding hydrogens is 445 g/mol. The summed E-state index contributed by atoms with van der Waals surface area (Å²) in [5.41, 5.74) is 4.62. The molecule has 5 nitrogen and oxygen atoms in total. The van der Waals surface area contributed by atoms with E-state index in [4.69, 9.17) is 21.1 Å². The Bertz CT molecular complexity index is 1010. The zero-order valence-electron chi connectivity index (χ0n) is 18.2. The van der Waals surface area contributed by atoms with Gasteiger partial charge in [-0.15, -0.1) is 12.4 Å². The average molecular weight is 474 g/mol. The molecule has 0 saturated carbocycles. The molecule has 1 aromatic carbocycles. The van der Waals surface area contributed by atoms with E-state index in [2.05, 4.69) is 40.4 Å². The Morgan fingerprint density at radius 1 is 1.12 bits per heavy atom. The molecule has 2 aliphatic heterocycles. The molecule has 0 aliphatic carbocycles. The first-order chi connectivity index (χ1) is 15.2. The second kappa shape index (κ2) is 12.2. The van der Waals surface area contributed by atoms with Gasteiger partial charge in [-0.1, -0.05) is 29.3 Å². The highest BCUT2D eigenvalue weighted by atomic mass is 35.5. The zero-order chi connectivity index (χ0) is 21.5. The molecule has 0 bridgehead atoms.